The van der Waals surface area contributed by atoms with Crippen LogP contribution in [0.25, 0.3) is 11.1 Å². The number of hydrogen-bond acceptors (Lipinski definition) is 6. The molecule has 2 N–H and O–H groups in total. The third-order valence-electron chi connectivity index (χ3n) is 7.56. The molecule has 9 heteroatoms. The molecule has 0 unspecified atom stereocenters. The number of carboxylic acid groups (broad SMARTS) is 2. The van der Waals surface area contributed by atoms with Crippen LogP contribution in [0.15, 0.2) is 91.0 Å². The van der Waals surface area contributed by atoms with E-state index >= 15 is 0 Å². The number of aliphatic carboxylic acids is 2. The van der Waals surface area contributed by atoms with Gasteiger partial charge in [-0.15, -0.1) is 0 Å². The van der Waals surface area contributed by atoms with Gasteiger partial charge in [0.25, 0.3) is 0 Å². The Hall–Kier alpha value is -4.76. The number of benzene rings is 3. The first-order chi connectivity index (χ1) is 20.4. The second-order valence-electron chi connectivity index (χ2n) is 10.3. The molecule has 0 bridgehead atoms. The largest absolute Gasteiger partial charge is 0.473 e. The number of para-hydroxylation sites is 1. The molecule has 0 amide bonds. The molecule has 1 fully saturated rings. The summed E-state index contributed by atoms with van der Waals surface area (Å²) < 4.78 is 13.8. The predicted octanol–water partition coefficient (Wildman–Crippen LogP) is 4.93. The van der Waals surface area contributed by atoms with E-state index < -0.39 is 11.9 Å². The van der Waals surface area contributed by atoms with E-state index in [1.54, 1.807) is 12.1 Å². The number of hydrogen-bond donors (Lipinski definition) is 2. The zero-order valence-corrected chi connectivity index (χ0v) is 23.2. The van der Waals surface area contributed by atoms with Gasteiger partial charge >= 0.3 is 11.9 Å². The van der Waals surface area contributed by atoms with E-state index in [9.17, 15) is 4.39 Å². The molecule has 42 heavy (non-hydrogen) atoms. The Kier molecular flexibility index (Phi) is 9.08. The Morgan fingerprint density at radius 1 is 0.762 bits per heavy atom. The van der Waals surface area contributed by atoms with Crippen LogP contribution in [0.1, 0.15) is 16.8 Å². The van der Waals surface area contributed by atoms with Gasteiger partial charge in [0.05, 0.1) is 0 Å². The van der Waals surface area contributed by atoms with E-state index in [1.807, 2.05) is 12.1 Å². The van der Waals surface area contributed by atoms with E-state index in [0.29, 0.717) is 0 Å². The highest BCUT2D eigenvalue weighted by atomic mass is 19.1. The van der Waals surface area contributed by atoms with Gasteiger partial charge in [0.1, 0.15) is 11.6 Å². The van der Waals surface area contributed by atoms with Crippen LogP contribution in [0, 0.1) is 5.82 Å². The molecule has 2 aliphatic heterocycles. The van der Waals surface area contributed by atoms with E-state index in [0.717, 1.165) is 63.6 Å². The maximum Gasteiger partial charge on any atom is 0.414 e. The summed E-state index contributed by atoms with van der Waals surface area (Å²) in [5.74, 6) is -2.81. The molecule has 0 atom stereocenters. The van der Waals surface area contributed by atoms with Crippen molar-refractivity contribution in [1.82, 2.24) is 9.88 Å². The first-order valence-electron chi connectivity index (χ1n) is 13.9. The smallest absolute Gasteiger partial charge is 0.414 e. The van der Waals surface area contributed by atoms with Crippen LogP contribution in [-0.4, -0.2) is 64.8 Å². The summed E-state index contributed by atoms with van der Waals surface area (Å²) in [4.78, 5) is 30.7. The zero-order valence-electron chi connectivity index (χ0n) is 23.2. The Bertz CT molecular complexity index is 1500. The van der Waals surface area contributed by atoms with Gasteiger partial charge in [-0.2, -0.15) is 0 Å². The van der Waals surface area contributed by atoms with Crippen LogP contribution < -0.4 is 9.80 Å². The fourth-order valence-corrected chi connectivity index (χ4v) is 5.42. The standard InChI is InChI=1S/C31H31FN4.C2H2O4/c32-26-13-11-25(12-14-26)28-21-31(36-19-17-35(18-20-36)27-9-5-2-6-10-27)33-30-15-16-34(23-29(28)30)22-24-7-3-1-4-8-24;3-1(4)2(5)6/h1-14,21H,15-20,22-23H2;(H,3,4)(H,5,6). The summed E-state index contributed by atoms with van der Waals surface area (Å²) in [5.41, 5.74) is 7.29. The number of carbonyl (C=O) groups is 2. The fourth-order valence-electron chi connectivity index (χ4n) is 5.42. The van der Waals surface area contributed by atoms with Gasteiger partial charge in [-0.1, -0.05) is 60.7 Å². The molecule has 0 radical (unpaired) electrons. The summed E-state index contributed by atoms with van der Waals surface area (Å²) in [6.07, 6.45) is 0.925. The second kappa shape index (κ2) is 13.3. The van der Waals surface area contributed by atoms with Crippen molar-refractivity contribution in [3.63, 3.8) is 0 Å². The minimum atomic E-state index is -1.82. The van der Waals surface area contributed by atoms with Crippen LogP contribution in [0.2, 0.25) is 0 Å². The Labute approximate surface area is 244 Å². The first-order valence-corrected chi connectivity index (χ1v) is 13.9. The van der Waals surface area contributed by atoms with Gasteiger partial charge in [0.2, 0.25) is 0 Å². The van der Waals surface area contributed by atoms with Crippen molar-refractivity contribution in [1.29, 1.82) is 0 Å². The van der Waals surface area contributed by atoms with Crippen molar-refractivity contribution < 1.29 is 24.2 Å². The third-order valence-corrected chi connectivity index (χ3v) is 7.56. The minimum Gasteiger partial charge on any atom is -0.473 e. The van der Waals surface area contributed by atoms with Crippen LogP contribution in [0.4, 0.5) is 15.9 Å². The second-order valence-corrected chi connectivity index (χ2v) is 10.3. The summed E-state index contributed by atoms with van der Waals surface area (Å²) in [7, 11) is 0. The molecule has 4 aromatic rings. The van der Waals surface area contributed by atoms with Crippen molar-refractivity contribution in [2.24, 2.45) is 0 Å². The normalized spacial score (nSPS) is 14.9. The highest BCUT2D eigenvalue weighted by Gasteiger charge is 2.25. The third kappa shape index (κ3) is 7.11. The molecule has 6 rings (SSSR count). The van der Waals surface area contributed by atoms with Crippen LogP contribution >= 0.6 is 0 Å². The Balaban J connectivity index is 0.000000535. The number of anilines is 2. The number of rotatable bonds is 5. The molecule has 0 aliphatic carbocycles. The van der Waals surface area contributed by atoms with Gasteiger partial charge < -0.3 is 20.0 Å². The lowest BCUT2D eigenvalue weighted by atomic mass is 9.94. The maximum atomic E-state index is 13.8. The van der Waals surface area contributed by atoms with Crippen molar-refractivity contribution in [2.45, 2.75) is 19.5 Å². The fraction of sp³-hybridized carbons (Fsp3) is 0.242. The Morgan fingerprint density at radius 3 is 1.98 bits per heavy atom. The van der Waals surface area contributed by atoms with Gasteiger partial charge in [-0.05, 0) is 52.6 Å². The van der Waals surface area contributed by atoms with Gasteiger partial charge in [-0.3, -0.25) is 4.90 Å². The summed E-state index contributed by atoms with van der Waals surface area (Å²) in [6.45, 7) is 6.58. The van der Waals surface area contributed by atoms with Crippen molar-refractivity contribution in [3.8, 4) is 11.1 Å². The number of pyridine rings is 1. The predicted molar refractivity (Wildman–Crippen MR) is 160 cm³/mol. The SMILES string of the molecule is Fc1ccc(-c2cc(N3CCN(c4ccccc4)CC3)nc3c2CN(Cc2ccccc2)CC3)cc1.O=C(O)C(=O)O. The number of halogens is 1. The molecular weight excluding hydrogens is 535 g/mol. The number of carboxylic acids is 2. The quantitative estimate of drug-likeness (QED) is 0.327. The number of fused-ring (bicyclic) bond motifs is 1. The lowest BCUT2D eigenvalue weighted by Crippen LogP contribution is -2.47. The molecule has 1 saturated heterocycles. The van der Waals surface area contributed by atoms with Crippen LogP contribution in [-0.2, 0) is 29.1 Å². The van der Waals surface area contributed by atoms with Crippen molar-refractivity contribution in [2.75, 3.05) is 42.5 Å². The molecule has 0 saturated carbocycles. The number of nitrogens with zero attached hydrogens (tertiary/aromatic N) is 4. The lowest BCUT2D eigenvalue weighted by molar-refractivity contribution is -0.159. The monoisotopic (exact) mass is 568 g/mol. The topological polar surface area (TPSA) is 97.2 Å². The van der Waals surface area contributed by atoms with Gasteiger partial charge in [-0.25, -0.2) is 19.0 Å². The van der Waals surface area contributed by atoms with E-state index in [2.05, 4.69) is 81.4 Å². The summed E-state index contributed by atoms with van der Waals surface area (Å²) in [5, 5.41) is 14.8. The molecular formula is C33H33FN4O4. The van der Waals surface area contributed by atoms with Crippen LogP contribution in [0.3, 0.4) is 0 Å². The minimum absolute atomic E-state index is 0.204. The number of aromatic nitrogens is 1. The summed E-state index contributed by atoms with van der Waals surface area (Å²) in [6, 6.07) is 30.4. The average Bonchev–Trinajstić information content (AvgIpc) is 3.02. The molecule has 3 heterocycles. The van der Waals surface area contributed by atoms with Gasteiger partial charge in [0.15, 0.2) is 0 Å². The zero-order chi connectivity index (χ0) is 29.5. The average molecular weight is 569 g/mol. The lowest BCUT2D eigenvalue weighted by Gasteiger charge is -2.38. The van der Waals surface area contributed by atoms with E-state index in [4.69, 9.17) is 24.8 Å². The van der Waals surface area contributed by atoms with E-state index in [1.165, 1.54) is 28.1 Å². The van der Waals surface area contributed by atoms with Crippen molar-refractivity contribution in [3.05, 3.63) is 114 Å². The van der Waals surface area contributed by atoms with Crippen molar-refractivity contribution >= 4 is 23.4 Å². The number of piperazine rings is 1. The highest BCUT2D eigenvalue weighted by Crippen LogP contribution is 2.34. The molecule has 2 aliphatic rings. The molecule has 3 aromatic carbocycles. The van der Waals surface area contributed by atoms with Crippen LogP contribution in [0.5, 0.6) is 0 Å². The highest BCUT2D eigenvalue weighted by molar-refractivity contribution is 6.27. The Morgan fingerprint density at radius 2 is 1.36 bits per heavy atom. The summed E-state index contributed by atoms with van der Waals surface area (Å²) >= 11 is 0. The molecule has 8 nitrogen and oxygen atoms in total. The molecule has 1 aromatic heterocycles. The molecule has 0 spiro atoms. The van der Waals surface area contributed by atoms with Gasteiger partial charge in [0, 0.05) is 63.6 Å². The molecule has 216 valence electrons. The first kappa shape index (κ1) is 28.8. The maximum absolute atomic E-state index is 13.8. The van der Waals surface area contributed by atoms with E-state index in [-0.39, 0.29) is 5.82 Å².